The summed E-state index contributed by atoms with van der Waals surface area (Å²) in [6.45, 7) is 2.69. The number of benzene rings is 3. The molecule has 5 rings (SSSR count). The van der Waals surface area contributed by atoms with Gasteiger partial charge in [-0.2, -0.15) is 5.26 Å². The van der Waals surface area contributed by atoms with Crippen molar-refractivity contribution < 1.29 is 14.2 Å². The Morgan fingerprint density at radius 1 is 1.03 bits per heavy atom. The third-order valence-corrected chi connectivity index (χ3v) is 7.80. The number of halogens is 2. The number of fused-ring (bicyclic) bond motifs is 2. The molecule has 0 saturated carbocycles. The molecular formula is C29H28ClFN2O2. The van der Waals surface area contributed by atoms with Gasteiger partial charge in [0, 0.05) is 23.7 Å². The molecular weight excluding hydrogens is 463 g/mol. The van der Waals surface area contributed by atoms with E-state index in [-0.39, 0.29) is 5.82 Å². The molecule has 0 aliphatic carbocycles. The summed E-state index contributed by atoms with van der Waals surface area (Å²) < 4.78 is 20.3. The van der Waals surface area contributed by atoms with Gasteiger partial charge < -0.3 is 14.7 Å². The van der Waals surface area contributed by atoms with Gasteiger partial charge in [0.2, 0.25) is 0 Å². The topological polar surface area (TPSA) is 56.5 Å². The van der Waals surface area contributed by atoms with Gasteiger partial charge in [0.15, 0.2) is 0 Å². The van der Waals surface area contributed by atoms with E-state index in [1.807, 2.05) is 48.5 Å². The second-order valence-corrected chi connectivity index (χ2v) is 10.0. The van der Waals surface area contributed by atoms with Crippen LogP contribution in [0.25, 0.3) is 0 Å². The third-order valence-electron chi connectivity index (χ3n) is 7.54. The second kappa shape index (κ2) is 9.62. The van der Waals surface area contributed by atoms with Gasteiger partial charge in [-0.25, -0.2) is 4.39 Å². The van der Waals surface area contributed by atoms with Crippen molar-refractivity contribution in [1.82, 2.24) is 4.90 Å². The fourth-order valence-corrected chi connectivity index (χ4v) is 5.66. The van der Waals surface area contributed by atoms with Crippen molar-refractivity contribution in [3.63, 3.8) is 0 Å². The maximum atomic E-state index is 14.3. The predicted molar refractivity (Wildman–Crippen MR) is 134 cm³/mol. The van der Waals surface area contributed by atoms with Crippen molar-refractivity contribution in [3.05, 3.63) is 99.8 Å². The number of nitrogens with zero attached hydrogens (tertiary/aromatic N) is 2. The largest absolute Gasteiger partial charge is 0.489 e. The summed E-state index contributed by atoms with van der Waals surface area (Å²) in [4.78, 5) is 2.33. The van der Waals surface area contributed by atoms with Crippen LogP contribution in [0.3, 0.4) is 0 Å². The van der Waals surface area contributed by atoms with Crippen molar-refractivity contribution in [2.75, 3.05) is 19.6 Å². The molecule has 1 fully saturated rings. The molecule has 2 heterocycles. The molecule has 180 valence electrons. The molecule has 1 unspecified atom stereocenters. The summed E-state index contributed by atoms with van der Waals surface area (Å²) >= 11 is 6.00. The lowest BCUT2D eigenvalue weighted by Crippen LogP contribution is -2.43. The maximum absolute atomic E-state index is 14.3. The fraction of sp³-hybridized carbons (Fsp3) is 0.345. The zero-order chi connectivity index (χ0) is 24.5. The summed E-state index contributed by atoms with van der Waals surface area (Å²) in [7, 11) is 0. The van der Waals surface area contributed by atoms with Crippen LogP contribution < -0.4 is 4.74 Å². The van der Waals surface area contributed by atoms with E-state index >= 15 is 0 Å². The molecule has 1 atom stereocenters. The molecule has 3 aromatic carbocycles. The quantitative estimate of drug-likeness (QED) is 0.480. The molecule has 0 spiro atoms. The maximum Gasteiger partial charge on any atom is 0.125 e. The average molecular weight is 491 g/mol. The molecule has 35 heavy (non-hydrogen) atoms. The summed E-state index contributed by atoms with van der Waals surface area (Å²) in [5, 5.41) is 22.4. The Morgan fingerprint density at radius 2 is 1.77 bits per heavy atom. The Kier molecular flexibility index (Phi) is 6.55. The first-order chi connectivity index (χ1) is 16.9. The van der Waals surface area contributed by atoms with E-state index < -0.39 is 11.0 Å². The zero-order valence-electron chi connectivity index (χ0n) is 19.5. The van der Waals surface area contributed by atoms with Crippen LogP contribution in [-0.2, 0) is 17.6 Å². The highest BCUT2D eigenvalue weighted by Crippen LogP contribution is 2.45. The lowest BCUT2D eigenvalue weighted by atomic mass is 9.71. The number of piperidine rings is 1. The highest BCUT2D eigenvalue weighted by atomic mass is 35.5. The number of nitriles is 1. The Morgan fingerprint density at radius 3 is 2.51 bits per heavy atom. The second-order valence-electron chi connectivity index (χ2n) is 9.59. The zero-order valence-corrected chi connectivity index (χ0v) is 20.3. The normalized spacial score (nSPS) is 21.2. The fourth-order valence-electron chi connectivity index (χ4n) is 5.53. The molecule has 0 bridgehead atoms. The van der Waals surface area contributed by atoms with Crippen molar-refractivity contribution in [2.45, 2.75) is 43.3 Å². The Balaban J connectivity index is 1.32. The molecule has 0 radical (unpaired) electrons. The van der Waals surface area contributed by atoms with Crippen molar-refractivity contribution in [2.24, 2.45) is 0 Å². The SMILES string of the molecule is N#CC1(CCCN2CCC(O)(c3ccc(Cl)cc3)CC2)c2ccccc2COc2ccc(F)cc21. The minimum absolute atomic E-state index is 0.355. The molecule has 6 heteroatoms. The van der Waals surface area contributed by atoms with E-state index in [1.165, 1.54) is 12.1 Å². The first kappa shape index (κ1) is 23.8. The summed E-state index contributed by atoms with van der Waals surface area (Å²) in [5.74, 6) is 0.194. The number of hydrogen-bond acceptors (Lipinski definition) is 4. The van der Waals surface area contributed by atoms with Crippen LogP contribution in [0.5, 0.6) is 5.75 Å². The molecule has 2 aliphatic heterocycles. The molecule has 3 aromatic rings. The number of ether oxygens (including phenoxy) is 1. The van der Waals surface area contributed by atoms with Crippen molar-refractivity contribution in [3.8, 4) is 11.8 Å². The minimum Gasteiger partial charge on any atom is -0.489 e. The van der Waals surface area contributed by atoms with Gasteiger partial charge in [0.25, 0.3) is 0 Å². The van der Waals surface area contributed by atoms with E-state index in [2.05, 4.69) is 11.0 Å². The Hall–Kier alpha value is -2.91. The van der Waals surface area contributed by atoms with Gasteiger partial charge in [0.05, 0.1) is 11.7 Å². The van der Waals surface area contributed by atoms with Gasteiger partial charge in [-0.3, -0.25) is 0 Å². The smallest absolute Gasteiger partial charge is 0.125 e. The van der Waals surface area contributed by atoms with E-state index in [4.69, 9.17) is 16.3 Å². The van der Waals surface area contributed by atoms with Gasteiger partial charge in [-0.05, 0) is 79.3 Å². The monoisotopic (exact) mass is 490 g/mol. The van der Waals surface area contributed by atoms with Crippen LogP contribution in [0.15, 0.2) is 66.7 Å². The van der Waals surface area contributed by atoms with Crippen molar-refractivity contribution in [1.29, 1.82) is 5.26 Å². The van der Waals surface area contributed by atoms with E-state index in [0.717, 1.165) is 42.7 Å². The van der Waals surface area contributed by atoms with Crippen LogP contribution in [0.4, 0.5) is 4.39 Å². The lowest BCUT2D eigenvalue weighted by Gasteiger charge is -2.39. The number of rotatable bonds is 5. The minimum atomic E-state index is -0.982. The molecule has 4 nitrogen and oxygen atoms in total. The van der Waals surface area contributed by atoms with Crippen LogP contribution in [0.1, 0.15) is 47.9 Å². The van der Waals surface area contributed by atoms with Gasteiger partial charge in [-0.15, -0.1) is 0 Å². The van der Waals surface area contributed by atoms with E-state index in [1.54, 1.807) is 6.07 Å². The molecule has 1 N–H and O–H groups in total. The highest BCUT2D eigenvalue weighted by Gasteiger charge is 2.41. The van der Waals surface area contributed by atoms with E-state index in [9.17, 15) is 14.8 Å². The number of hydrogen-bond donors (Lipinski definition) is 1. The van der Waals surface area contributed by atoms with Crippen LogP contribution in [0, 0.1) is 17.1 Å². The molecule has 0 aromatic heterocycles. The molecule has 1 saturated heterocycles. The molecule has 2 aliphatic rings. The highest BCUT2D eigenvalue weighted by molar-refractivity contribution is 6.30. The van der Waals surface area contributed by atoms with Gasteiger partial charge in [-0.1, -0.05) is 48.0 Å². The van der Waals surface area contributed by atoms with Crippen LogP contribution in [-0.4, -0.2) is 29.6 Å². The Bertz CT molecular complexity index is 1250. The summed E-state index contributed by atoms with van der Waals surface area (Å²) in [6.07, 6.45) is 2.60. The third kappa shape index (κ3) is 4.54. The average Bonchev–Trinajstić information content (AvgIpc) is 3.01. The lowest BCUT2D eigenvalue weighted by molar-refractivity contribution is -0.0262. The number of aliphatic hydroxyl groups is 1. The first-order valence-corrected chi connectivity index (χ1v) is 12.4. The first-order valence-electron chi connectivity index (χ1n) is 12.1. The standard InChI is InChI=1S/C29H28ClFN2O2/c30-23-8-6-22(7-9-23)29(34)13-16-33(17-14-29)15-3-12-28(20-32)25-5-2-1-4-21(25)19-35-27-11-10-24(31)18-26(27)28/h1-2,4-11,18,34H,3,12-17,19H2. The van der Waals surface area contributed by atoms with E-state index in [0.29, 0.717) is 42.2 Å². The predicted octanol–water partition coefficient (Wildman–Crippen LogP) is 5.94. The summed E-state index contributed by atoms with van der Waals surface area (Å²) in [5.41, 5.74) is 1.52. The van der Waals surface area contributed by atoms with Crippen molar-refractivity contribution >= 4 is 11.6 Å². The number of likely N-dealkylation sites (tertiary alicyclic amines) is 1. The molecule has 0 amide bonds. The van der Waals surface area contributed by atoms with Gasteiger partial charge in [0.1, 0.15) is 23.6 Å². The Labute approximate surface area is 210 Å². The summed E-state index contributed by atoms with van der Waals surface area (Å²) in [6, 6.07) is 22.3. The van der Waals surface area contributed by atoms with Crippen LogP contribution in [0.2, 0.25) is 5.02 Å². The van der Waals surface area contributed by atoms with Crippen LogP contribution >= 0.6 is 11.6 Å². The van der Waals surface area contributed by atoms with Gasteiger partial charge >= 0.3 is 0 Å².